The number of nitriles is 1. The number of rotatable bonds is 5. The van der Waals surface area contributed by atoms with Gasteiger partial charge in [0.05, 0.1) is 11.6 Å². The van der Waals surface area contributed by atoms with Crippen LogP contribution in [0, 0.1) is 17.2 Å². The molecule has 0 aromatic heterocycles. The van der Waals surface area contributed by atoms with Gasteiger partial charge in [-0.25, -0.2) is 0 Å². The highest BCUT2D eigenvalue weighted by Gasteiger charge is 2.22. The minimum atomic E-state index is 0.674. The van der Waals surface area contributed by atoms with Crippen LogP contribution >= 0.6 is 0 Å². The lowest BCUT2D eigenvalue weighted by Crippen LogP contribution is -2.34. The largest absolute Gasteiger partial charge is 0.369 e. The summed E-state index contributed by atoms with van der Waals surface area (Å²) < 4.78 is 0. The molecular formula is C17H24N2. The monoisotopic (exact) mass is 256 g/mol. The fourth-order valence-corrected chi connectivity index (χ4v) is 2.89. The van der Waals surface area contributed by atoms with Crippen molar-refractivity contribution in [2.45, 2.75) is 52.0 Å². The van der Waals surface area contributed by atoms with Gasteiger partial charge in [-0.2, -0.15) is 5.26 Å². The lowest BCUT2D eigenvalue weighted by Gasteiger charge is -2.32. The van der Waals surface area contributed by atoms with E-state index in [1.54, 1.807) is 0 Å². The normalized spacial score (nSPS) is 15.7. The van der Waals surface area contributed by atoms with Gasteiger partial charge in [-0.3, -0.25) is 0 Å². The van der Waals surface area contributed by atoms with E-state index in [4.69, 9.17) is 5.26 Å². The van der Waals surface area contributed by atoms with Crippen molar-refractivity contribution in [1.82, 2.24) is 0 Å². The number of benzene rings is 1. The topological polar surface area (TPSA) is 27.0 Å². The highest BCUT2D eigenvalue weighted by Crippen LogP contribution is 2.29. The van der Waals surface area contributed by atoms with E-state index in [-0.39, 0.29) is 0 Å². The van der Waals surface area contributed by atoms with E-state index >= 15 is 0 Å². The van der Waals surface area contributed by atoms with Gasteiger partial charge < -0.3 is 4.90 Å². The Morgan fingerprint density at radius 3 is 2.68 bits per heavy atom. The molecule has 0 N–H and O–H groups in total. The van der Waals surface area contributed by atoms with Gasteiger partial charge in [-0.15, -0.1) is 0 Å². The predicted molar refractivity (Wildman–Crippen MR) is 80.2 cm³/mol. The smallest absolute Gasteiger partial charge is 0.0992 e. The third kappa shape index (κ3) is 3.73. The summed E-state index contributed by atoms with van der Waals surface area (Å²) in [6, 6.07) is 11.0. The van der Waals surface area contributed by atoms with E-state index in [9.17, 15) is 0 Å². The second kappa shape index (κ2) is 6.61. The van der Waals surface area contributed by atoms with Gasteiger partial charge in [-0.1, -0.05) is 32.8 Å². The van der Waals surface area contributed by atoms with E-state index in [0.29, 0.717) is 6.04 Å². The van der Waals surface area contributed by atoms with E-state index in [2.05, 4.69) is 30.9 Å². The molecule has 0 amide bonds. The molecule has 0 atom stereocenters. The van der Waals surface area contributed by atoms with Crippen LogP contribution in [0.2, 0.25) is 0 Å². The summed E-state index contributed by atoms with van der Waals surface area (Å²) in [6.45, 7) is 5.66. The molecule has 0 spiro atoms. The van der Waals surface area contributed by atoms with Gasteiger partial charge in [-0.05, 0) is 43.4 Å². The van der Waals surface area contributed by atoms with Gasteiger partial charge in [0, 0.05) is 18.3 Å². The van der Waals surface area contributed by atoms with Crippen molar-refractivity contribution >= 4 is 5.69 Å². The zero-order valence-corrected chi connectivity index (χ0v) is 12.1. The molecule has 0 aliphatic heterocycles. The first-order valence-corrected chi connectivity index (χ1v) is 7.47. The summed E-state index contributed by atoms with van der Waals surface area (Å²) in [5.41, 5.74) is 2.00. The maximum atomic E-state index is 9.06. The molecule has 1 aliphatic rings. The summed E-state index contributed by atoms with van der Waals surface area (Å²) >= 11 is 0. The van der Waals surface area contributed by atoms with E-state index in [1.807, 2.05) is 18.2 Å². The molecule has 19 heavy (non-hydrogen) atoms. The number of nitrogens with zero attached hydrogens (tertiary/aromatic N) is 2. The van der Waals surface area contributed by atoms with Crippen LogP contribution in [0.25, 0.3) is 0 Å². The summed E-state index contributed by atoms with van der Waals surface area (Å²) in [6.07, 6.45) is 6.51. The Morgan fingerprint density at radius 1 is 1.32 bits per heavy atom. The lowest BCUT2D eigenvalue weighted by atomic mass is 10.1. The maximum Gasteiger partial charge on any atom is 0.0992 e. The van der Waals surface area contributed by atoms with Gasteiger partial charge in [0.1, 0.15) is 0 Å². The summed E-state index contributed by atoms with van der Waals surface area (Å²) in [5, 5.41) is 9.06. The Labute approximate surface area is 117 Å². The van der Waals surface area contributed by atoms with E-state index in [0.717, 1.165) is 18.0 Å². The number of hydrogen-bond acceptors (Lipinski definition) is 2. The number of anilines is 1. The zero-order valence-electron chi connectivity index (χ0n) is 12.1. The van der Waals surface area contributed by atoms with Crippen LogP contribution in [-0.2, 0) is 0 Å². The zero-order chi connectivity index (χ0) is 13.7. The summed E-state index contributed by atoms with van der Waals surface area (Å²) in [5.74, 6) is 0.725. The minimum Gasteiger partial charge on any atom is -0.369 e. The Hall–Kier alpha value is -1.49. The summed E-state index contributed by atoms with van der Waals surface area (Å²) in [4.78, 5) is 2.54. The molecule has 2 nitrogen and oxygen atoms in total. The fourth-order valence-electron chi connectivity index (χ4n) is 2.89. The van der Waals surface area contributed by atoms with Crippen LogP contribution in [0.5, 0.6) is 0 Å². The Morgan fingerprint density at radius 2 is 2.05 bits per heavy atom. The molecule has 1 saturated carbocycles. The van der Waals surface area contributed by atoms with Crippen LogP contribution in [0.1, 0.15) is 51.5 Å². The molecule has 2 rings (SSSR count). The summed E-state index contributed by atoms with van der Waals surface area (Å²) in [7, 11) is 0. The lowest BCUT2D eigenvalue weighted by molar-refractivity contribution is 0.528. The van der Waals surface area contributed by atoms with Crippen molar-refractivity contribution in [3.63, 3.8) is 0 Å². The quantitative estimate of drug-likeness (QED) is 0.783. The minimum absolute atomic E-state index is 0.674. The molecular weight excluding hydrogens is 232 g/mol. The van der Waals surface area contributed by atoms with Gasteiger partial charge in [0.2, 0.25) is 0 Å². The van der Waals surface area contributed by atoms with Gasteiger partial charge >= 0.3 is 0 Å². The molecule has 0 heterocycles. The molecule has 1 fully saturated rings. The fraction of sp³-hybridized carbons (Fsp3) is 0.588. The Kier molecular flexibility index (Phi) is 4.85. The SMILES string of the molecule is CC(C)CCN(c1cccc(C#N)c1)C1CCCC1. The van der Waals surface area contributed by atoms with Crippen molar-refractivity contribution < 1.29 is 0 Å². The van der Waals surface area contributed by atoms with E-state index < -0.39 is 0 Å². The van der Waals surface area contributed by atoms with Crippen LogP contribution in [0.3, 0.4) is 0 Å². The van der Waals surface area contributed by atoms with Crippen LogP contribution in [-0.4, -0.2) is 12.6 Å². The molecule has 1 aromatic rings. The average molecular weight is 256 g/mol. The van der Waals surface area contributed by atoms with E-state index in [1.165, 1.54) is 37.8 Å². The molecule has 0 bridgehead atoms. The second-order valence-corrected chi connectivity index (χ2v) is 5.98. The highest BCUT2D eigenvalue weighted by molar-refractivity contribution is 5.52. The van der Waals surface area contributed by atoms with Crippen LogP contribution in [0.4, 0.5) is 5.69 Å². The van der Waals surface area contributed by atoms with Crippen LogP contribution in [0.15, 0.2) is 24.3 Å². The van der Waals surface area contributed by atoms with Crippen molar-refractivity contribution in [1.29, 1.82) is 5.26 Å². The van der Waals surface area contributed by atoms with Crippen LogP contribution < -0.4 is 4.90 Å². The van der Waals surface area contributed by atoms with Gasteiger partial charge in [0.15, 0.2) is 0 Å². The molecule has 102 valence electrons. The highest BCUT2D eigenvalue weighted by atomic mass is 15.2. The predicted octanol–water partition coefficient (Wildman–Crippen LogP) is 4.35. The van der Waals surface area contributed by atoms with Crippen molar-refractivity contribution in [3.8, 4) is 6.07 Å². The third-order valence-electron chi connectivity index (χ3n) is 4.02. The maximum absolute atomic E-state index is 9.06. The standard InChI is InChI=1S/C17H24N2/c1-14(2)10-11-19(16-7-3-4-8-16)17-9-5-6-15(12-17)13-18/h5-6,9,12,14,16H,3-4,7-8,10-11H2,1-2H3. The average Bonchev–Trinajstić information content (AvgIpc) is 2.93. The Balaban J connectivity index is 2.17. The molecule has 0 saturated heterocycles. The second-order valence-electron chi connectivity index (χ2n) is 5.98. The third-order valence-corrected chi connectivity index (χ3v) is 4.02. The first kappa shape index (κ1) is 13.9. The van der Waals surface area contributed by atoms with Crippen molar-refractivity contribution in [2.24, 2.45) is 5.92 Å². The molecule has 0 unspecified atom stereocenters. The first-order valence-electron chi connectivity index (χ1n) is 7.47. The first-order chi connectivity index (χ1) is 9.20. The molecule has 1 aromatic carbocycles. The molecule has 2 heteroatoms. The Bertz CT molecular complexity index is 439. The molecule has 0 radical (unpaired) electrons. The molecule has 1 aliphatic carbocycles. The van der Waals surface area contributed by atoms with Crippen molar-refractivity contribution in [3.05, 3.63) is 29.8 Å². The number of hydrogen-bond donors (Lipinski definition) is 0. The van der Waals surface area contributed by atoms with Crippen molar-refractivity contribution in [2.75, 3.05) is 11.4 Å². The van der Waals surface area contributed by atoms with Gasteiger partial charge in [0.25, 0.3) is 0 Å².